The molecule has 0 bridgehead atoms. The Bertz CT molecular complexity index is 465. The van der Waals surface area contributed by atoms with E-state index in [1.165, 1.54) is 0 Å². The minimum absolute atomic E-state index is 0.756. The van der Waals surface area contributed by atoms with Crippen LogP contribution in [0.25, 0.3) is 11.3 Å². The Labute approximate surface area is 94.9 Å². The number of anilines is 1. The number of pyridine rings is 1. The second kappa shape index (κ2) is 3.71. The SMILES string of the molecule is Cc1ccnc(-c2cscc2Br)c1N. The normalized spacial score (nSPS) is 10.4. The van der Waals surface area contributed by atoms with E-state index < -0.39 is 0 Å². The molecule has 0 saturated heterocycles. The van der Waals surface area contributed by atoms with Crippen molar-refractivity contribution in [3.63, 3.8) is 0 Å². The number of hydrogen-bond donors (Lipinski definition) is 1. The third-order valence-electron chi connectivity index (χ3n) is 2.08. The fourth-order valence-electron chi connectivity index (χ4n) is 1.23. The fourth-order valence-corrected chi connectivity index (χ4v) is 2.70. The summed E-state index contributed by atoms with van der Waals surface area (Å²) in [6, 6.07) is 1.92. The zero-order valence-corrected chi connectivity index (χ0v) is 10.0. The minimum atomic E-state index is 0.756. The number of hydrogen-bond acceptors (Lipinski definition) is 3. The van der Waals surface area contributed by atoms with Gasteiger partial charge in [-0.2, -0.15) is 11.3 Å². The lowest BCUT2D eigenvalue weighted by molar-refractivity contribution is 1.29. The number of thiophene rings is 1. The standard InChI is InChI=1S/C10H9BrN2S/c1-6-2-3-13-10(9(6)12)7-4-14-5-8(7)11/h2-5H,12H2,1H3. The Balaban J connectivity index is 2.63. The van der Waals surface area contributed by atoms with E-state index in [-0.39, 0.29) is 0 Å². The molecule has 0 atom stereocenters. The number of nitrogen functional groups attached to an aromatic ring is 1. The lowest BCUT2D eigenvalue weighted by atomic mass is 10.1. The molecule has 0 aliphatic rings. The van der Waals surface area contributed by atoms with E-state index in [0.717, 1.165) is 27.0 Å². The van der Waals surface area contributed by atoms with Gasteiger partial charge in [-0.05, 0) is 34.5 Å². The average molecular weight is 269 g/mol. The van der Waals surface area contributed by atoms with Crippen LogP contribution in [0.4, 0.5) is 5.69 Å². The summed E-state index contributed by atoms with van der Waals surface area (Å²) >= 11 is 5.11. The van der Waals surface area contributed by atoms with E-state index in [0.29, 0.717) is 0 Å². The van der Waals surface area contributed by atoms with Gasteiger partial charge in [0.1, 0.15) is 0 Å². The van der Waals surface area contributed by atoms with Gasteiger partial charge in [0.25, 0.3) is 0 Å². The highest BCUT2D eigenvalue weighted by atomic mass is 79.9. The molecule has 14 heavy (non-hydrogen) atoms. The maximum atomic E-state index is 5.96. The zero-order chi connectivity index (χ0) is 10.1. The van der Waals surface area contributed by atoms with E-state index in [1.807, 2.05) is 23.8 Å². The van der Waals surface area contributed by atoms with Crippen LogP contribution in [-0.4, -0.2) is 4.98 Å². The van der Waals surface area contributed by atoms with Gasteiger partial charge in [-0.3, -0.25) is 4.98 Å². The lowest BCUT2D eigenvalue weighted by Gasteiger charge is -2.05. The number of aromatic nitrogens is 1. The van der Waals surface area contributed by atoms with Crippen molar-refractivity contribution in [2.75, 3.05) is 5.73 Å². The molecule has 2 nitrogen and oxygen atoms in total. The van der Waals surface area contributed by atoms with Gasteiger partial charge < -0.3 is 5.73 Å². The Morgan fingerprint density at radius 1 is 1.43 bits per heavy atom. The van der Waals surface area contributed by atoms with Crippen molar-refractivity contribution in [2.24, 2.45) is 0 Å². The third-order valence-corrected chi connectivity index (χ3v) is 3.78. The van der Waals surface area contributed by atoms with Gasteiger partial charge in [-0.1, -0.05) is 0 Å². The van der Waals surface area contributed by atoms with E-state index in [1.54, 1.807) is 17.5 Å². The molecule has 2 rings (SSSR count). The zero-order valence-electron chi connectivity index (χ0n) is 7.62. The molecular weight excluding hydrogens is 260 g/mol. The molecule has 2 aromatic heterocycles. The van der Waals surface area contributed by atoms with Crippen molar-refractivity contribution >= 4 is 33.0 Å². The number of halogens is 1. The molecule has 0 aromatic carbocycles. The maximum absolute atomic E-state index is 5.96. The fraction of sp³-hybridized carbons (Fsp3) is 0.100. The lowest BCUT2D eigenvalue weighted by Crippen LogP contribution is -1.95. The summed E-state index contributed by atoms with van der Waals surface area (Å²) in [5.41, 5.74) is 9.71. The molecule has 4 heteroatoms. The van der Waals surface area contributed by atoms with E-state index in [2.05, 4.69) is 20.9 Å². The first-order valence-electron chi connectivity index (χ1n) is 4.13. The van der Waals surface area contributed by atoms with Crippen molar-refractivity contribution in [3.05, 3.63) is 33.1 Å². The van der Waals surface area contributed by atoms with Crippen molar-refractivity contribution in [2.45, 2.75) is 6.92 Å². The van der Waals surface area contributed by atoms with Crippen LogP contribution in [0.5, 0.6) is 0 Å². The molecule has 0 unspecified atom stereocenters. The molecule has 2 N–H and O–H groups in total. The predicted molar refractivity (Wildman–Crippen MR) is 64.4 cm³/mol. The summed E-state index contributed by atoms with van der Waals surface area (Å²) in [5, 5.41) is 4.07. The summed E-state index contributed by atoms with van der Waals surface area (Å²) in [5.74, 6) is 0. The topological polar surface area (TPSA) is 38.9 Å². The summed E-state index contributed by atoms with van der Waals surface area (Å²) in [6.07, 6.45) is 1.78. The first-order valence-corrected chi connectivity index (χ1v) is 5.87. The third kappa shape index (κ3) is 1.55. The highest BCUT2D eigenvalue weighted by Crippen LogP contribution is 2.34. The average Bonchev–Trinajstić information content (AvgIpc) is 2.57. The van der Waals surface area contributed by atoms with Crippen LogP contribution in [-0.2, 0) is 0 Å². The minimum Gasteiger partial charge on any atom is -0.397 e. The van der Waals surface area contributed by atoms with Crippen LogP contribution in [0.2, 0.25) is 0 Å². The Morgan fingerprint density at radius 3 is 2.86 bits per heavy atom. The molecular formula is C10H9BrN2S. The van der Waals surface area contributed by atoms with Crippen molar-refractivity contribution in [3.8, 4) is 11.3 Å². The highest BCUT2D eigenvalue weighted by molar-refractivity contribution is 9.10. The van der Waals surface area contributed by atoms with Gasteiger partial charge in [-0.25, -0.2) is 0 Å². The van der Waals surface area contributed by atoms with E-state index in [4.69, 9.17) is 5.73 Å². The molecule has 0 amide bonds. The number of aryl methyl sites for hydroxylation is 1. The van der Waals surface area contributed by atoms with Crippen LogP contribution in [0.1, 0.15) is 5.56 Å². The quantitative estimate of drug-likeness (QED) is 0.861. The molecule has 0 aliphatic heterocycles. The predicted octanol–water partition coefficient (Wildman–Crippen LogP) is 3.46. The van der Waals surface area contributed by atoms with Crippen LogP contribution >= 0.6 is 27.3 Å². The summed E-state index contributed by atoms with van der Waals surface area (Å²) < 4.78 is 1.05. The largest absolute Gasteiger partial charge is 0.397 e. The van der Waals surface area contributed by atoms with Crippen LogP contribution in [0.3, 0.4) is 0 Å². The smallest absolute Gasteiger partial charge is 0.0953 e. The van der Waals surface area contributed by atoms with Gasteiger partial charge in [-0.15, -0.1) is 0 Å². The Kier molecular flexibility index (Phi) is 2.56. The van der Waals surface area contributed by atoms with Gasteiger partial charge in [0.05, 0.1) is 11.4 Å². The second-order valence-corrected chi connectivity index (χ2v) is 4.62. The summed E-state index contributed by atoms with van der Waals surface area (Å²) in [6.45, 7) is 1.99. The molecule has 0 radical (unpaired) electrons. The van der Waals surface area contributed by atoms with Gasteiger partial charge in [0.2, 0.25) is 0 Å². The van der Waals surface area contributed by atoms with Gasteiger partial charge in [0, 0.05) is 27.0 Å². The number of nitrogens with two attached hydrogens (primary N) is 1. The number of rotatable bonds is 1. The molecule has 0 saturated carbocycles. The van der Waals surface area contributed by atoms with Crippen molar-refractivity contribution < 1.29 is 0 Å². The van der Waals surface area contributed by atoms with E-state index in [9.17, 15) is 0 Å². The first-order chi connectivity index (χ1) is 6.70. The molecule has 72 valence electrons. The second-order valence-electron chi connectivity index (χ2n) is 3.02. The Hall–Kier alpha value is -0.870. The van der Waals surface area contributed by atoms with Crippen LogP contribution in [0, 0.1) is 6.92 Å². The molecule has 0 aliphatic carbocycles. The Morgan fingerprint density at radius 2 is 2.21 bits per heavy atom. The van der Waals surface area contributed by atoms with E-state index >= 15 is 0 Å². The molecule has 2 aromatic rings. The molecule has 0 fully saturated rings. The first kappa shape index (κ1) is 9.68. The van der Waals surface area contributed by atoms with Gasteiger partial charge in [0.15, 0.2) is 0 Å². The monoisotopic (exact) mass is 268 g/mol. The van der Waals surface area contributed by atoms with Crippen LogP contribution in [0.15, 0.2) is 27.5 Å². The van der Waals surface area contributed by atoms with Crippen molar-refractivity contribution in [1.29, 1.82) is 0 Å². The maximum Gasteiger partial charge on any atom is 0.0953 e. The summed E-state index contributed by atoms with van der Waals surface area (Å²) in [4.78, 5) is 4.29. The van der Waals surface area contributed by atoms with Gasteiger partial charge >= 0.3 is 0 Å². The van der Waals surface area contributed by atoms with Crippen LogP contribution < -0.4 is 5.73 Å². The molecule has 0 spiro atoms. The summed E-state index contributed by atoms with van der Waals surface area (Å²) in [7, 11) is 0. The highest BCUT2D eigenvalue weighted by Gasteiger charge is 2.09. The molecule has 2 heterocycles. The number of nitrogens with zero attached hydrogens (tertiary/aromatic N) is 1. The van der Waals surface area contributed by atoms with Crippen molar-refractivity contribution in [1.82, 2.24) is 4.98 Å².